The van der Waals surface area contributed by atoms with Crippen molar-refractivity contribution in [1.29, 1.82) is 0 Å². The Kier molecular flexibility index (Phi) is 6.59. The second kappa shape index (κ2) is 9.94. The van der Waals surface area contributed by atoms with Gasteiger partial charge in [-0.15, -0.1) is 0 Å². The minimum Gasteiger partial charge on any atom is -0.465 e. The van der Waals surface area contributed by atoms with Crippen LogP contribution in [0, 0.1) is 0 Å². The van der Waals surface area contributed by atoms with E-state index in [2.05, 4.69) is 9.80 Å². The van der Waals surface area contributed by atoms with Crippen LogP contribution in [0.3, 0.4) is 0 Å². The van der Waals surface area contributed by atoms with E-state index in [0.29, 0.717) is 30.5 Å². The van der Waals surface area contributed by atoms with E-state index >= 15 is 0 Å². The fraction of sp³-hybridized carbons (Fsp3) is 0.393. The Labute approximate surface area is 200 Å². The summed E-state index contributed by atoms with van der Waals surface area (Å²) in [5.74, 6) is -0.0256. The van der Waals surface area contributed by atoms with Crippen LogP contribution in [0.15, 0.2) is 54.6 Å². The van der Waals surface area contributed by atoms with Crippen molar-refractivity contribution in [3.05, 3.63) is 65.7 Å². The normalized spacial score (nSPS) is 17.8. The molecule has 176 valence electrons. The molecule has 0 unspecified atom stereocenters. The van der Waals surface area contributed by atoms with Crippen LogP contribution in [-0.2, 0) is 16.1 Å². The van der Waals surface area contributed by atoms with E-state index in [0.717, 1.165) is 73.0 Å². The van der Waals surface area contributed by atoms with Gasteiger partial charge >= 0.3 is 5.97 Å². The number of nitrogens with zero attached hydrogens (tertiary/aromatic N) is 3. The van der Waals surface area contributed by atoms with Gasteiger partial charge in [-0.1, -0.05) is 48.5 Å². The van der Waals surface area contributed by atoms with Gasteiger partial charge in [-0.2, -0.15) is 0 Å². The lowest BCUT2D eigenvalue weighted by atomic mass is 9.94. The number of ether oxygens (including phenoxy) is 1. The molecular weight excluding hydrogens is 426 g/mol. The number of fused-ring (bicyclic) bond motifs is 1. The predicted molar refractivity (Wildman–Crippen MR) is 132 cm³/mol. The Bertz CT molecular complexity index is 1190. The van der Waals surface area contributed by atoms with E-state index in [-0.39, 0.29) is 5.97 Å². The summed E-state index contributed by atoms with van der Waals surface area (Å²) in [5.41, 5.74) is 4.10. The van der Waals surface area contributed by atoms with E-state index < -0.39 is 0 Å². The van der Waals surface area contributed by atoms with Crippen molar-refractivity contribution in [3.63, 3.8) is 0 Å². The van der Waals surface area contributed by atoms with E-state index in [4.69, 9.17) is 9.72 Å². The fourth-order valence-corrected chi connectivity index (χ4v) is 5.40. The molecule has 2 aliphatic heterocycles. The van der Waals surface area contributed by atoms with E-state index in [9.17, 15) is 9.59 Å². The van der Waals surface area contributed by atoms with Crippen LogP contribution in [0.25, 0.3) is 22.2 Å². The Morgan fingerprint density at radius 2 is 1.74 bits per heavy atom. The Hall–Kier alpha value is -3.25. The molecule has 34 heavy (non-hydrogen) atoms. The maximum Gasteiger partial charge on any atom is 0.338 e. The van der Waals surface area contributed by atoms with Crippen molar-refractivity contribution in [3.8, 4) is 11.3 Å². The highest BCUT2D eigenvalue weighted by atomic mass is 16.5. The third-order valence-corrected chi connectivity index (χ3v) is 7.17. The maximum atomic E-state index is 13.1. The number of aromatic nitrogens is 1. The molecule has 6 heteroatoms. The van der Waals surface area contributed by atoms with Gasteiger partial charge in [-0.25, -0.2) is 9.78 Å². The van der Waals surface area contributed by atoms with Crippen molar-refractivity contribution >= 4 is 22.8 Å². The average molecular weight is 458 g/mol. The fourth-order valence-electron chi connectivity index (χ4n) is 5.40. The summed E-state index contributed by atoms with van der Waals surface area (Å²) in [5, 5.41) is 0.817. The van der Waals surface area contributed by atoms with Crippen LogP contribution < -0.4 is 0 Å². The molecule has 0 aliphatic carbocycles. The molecule has 1 aromatic heterocycles. The second-order valence-corrected chi connectivity index (χ2v) is 9.24. The molecule has 0 bridgehead atoms. The molecule has 0 spiro atoms. The standard InChI is InChI=1S/C28H31N3O3/c1-34-28(33)26-22-11-5-6-12-24(22)29-27(20-9-3-2-4-10-20)23(26)19-30-17-14-21(15-18-30)31-16-8-7-13-25(31)32/h2-6,9-12,21H,7-8,13-19H2,1H3. The number of rotatable bonds is 5. The van der Waals surface area contributed by atoms with Crippen LogP contribution in [0.4, 0.5) is 0 Å². The van der Waals surface area contributed by atoms with Crippen LogP contribution in [0.5, 0.6) is 0 Å². The molecule has 2 aliphatic rings. The van der Waals surface area contributed by atoms with Crippen molar-refractivity contribution < 1.29 is 14.3 Å². The van der Waals surface area contributed by atoms with Gasteiger partial charge in [0.15, 0.2) is 0 Å². The van der Waals surface area contributed by atoms with Gasteiger partial charge in [0.1, 0.15) is 0 Å². The Morgan fingerprint density at radius 3 is 2.47 bits per heavy atom. The SMILES string of the molecule is COC(=O)c1c(CN2CCC(N3CCCCC3=O)CC2)c(-c2ccccc2)nc2ccccc12. The van der Waals surface area contributed by atoms with Crippen LogP contribution in [-0.4, -0.2) is 59.4 Å². The molecule has 2 fully saturated rings. The third-order valence-electron chi connectivity index (χ3n) is 7.17. The lowest BCUT2D eigenvalue weighted by Gasteiger charge is -2.40. The number of hydrogen-bond acceptors (Lipinski definition) is 5. The quantitative estimate of drug-likeness (QED) is 0.521. The van der Waals surface area contributed by atoms with E-state index in [1.165, 1.54) is 7.11 Å². The summed E-state index contributed by atoms with van der Waals surface area (Å²) in [6.45, 7) is 3.28. The van der Waals surface area contributed by atoms with E-state index in [1.807, 2.05) is 54.6 Å². The van der Waals surface area contributed by atoms with Gasteiger partial charge < -0.3 is 9.64 Å². The minimum atomic E-state index is -0.334. The molecule has 2 aromatic carbocycles. The number of esters is 1. The number of hydrogen-bond donors (Lipinski definition) is 0. The molecule has 0 radical (unpaired) electrons. The molecular formula is C28H31N3O3. The molecule has 1 amide bonds. The molecule has 3 heterocycles. The highest BCUT2D eigenvalue weighted by Crippen LogP contribution is 2.33. The van der Waals surface area contributed by atoms with Gasteiger partial charge in [0.25, 0.3) is 0 Å². The third kappa shape index (κ3) is 4.42. The smallest absolute Gasteiger partial charge is 0.338 e. The molecule has 0 N–H and O–H groups in total. The summed E-state index contributed by atoms with van der Waals surface area (Å²) in [4.78, 5) is 34.9. The van der Waals surface area contributed by atoms with Crippen molar-refractivity contribution in [2.45, 2.75) is 44.7 Å². The molecule has 0 saturated carbocycles. The van der Waals surface area contributed by atoms with Gasteiger partial charge in [-0.05, 0) is 31.7 Å². The maximum absolute atomic E-state index is 13.1. The van der Waals surface area contributed by atoms with Crippen LogP contribution in [0.1, 0.15) is 48.0 Å². The molecule has 5 rings (SSSR count). The predicted octanol–water partition coefficient (Wildman–Crippen LogP) is 4.67. The van der Waals surface area contributed by atoms with Gasteiger partial charge in [-0.3, -0.25) is 9.69 Å². The van der Waals surface area contributed by atoms with Crippen LogP contribution in [0.2, 0.25) is 0 Å². The van der Waals surface area contributed by atoms with Crippen molar-refractivity contribution in [2.24, 2.45) is 0 Å². The summed E-state index contributed by atoms with van der Waals surface area (Å²) in [7, 11) is 1.44. The first-order valence-corrected chi connectivity index (χ1v) is 12.2. The average Bonchev–Trinajstić information content (AvgIpc) is 2.89. The lowest BCUT2D eigenvalue weighted by molar-refractivity contribution is -0.136. The zero-order chi connectivity index (χ0) is 23.5. The number of likely N-dealkylation sites (tertiary alicyclic amines) is 2. The number of carbonyl (C=O) groups is 2. The summed E-state index contributed by atoms with van der Waals surface area (Å²) in [6, 6.07) is 18.1. The van der Waals surface area contributed by atoms with Gasteiger partial charge in [0, 0.05) is 55.2 Å². The minimum absolute atomic E-state index is 0.308. The van der Waals surface area contributed by atoms with Gasteiger partial charge in [0.05, 0.1) is 23.9 Å². The number of methoxy groups -OCH3 is 1. The highest BCUT2D eigenvalue weighted by molar-refractivity contribution is 6.06. The monoisotopic (exact) mass is 457 g/mol. The van der Waals surface area contributed by atoms with Crippen molar-refractivity contribution in [1.82, 2.24) is 14.8 Å². The largest absolute Gasteiger partial charge is 0.465 e. The number of carbonyl (C=O) groups excluding carboxylic acids is 2. The van der Waals surface area contributed by atoms with E-state index in [1.54, 1.807) is 0 Å². The topological polar surface area (TPSA) is 62.7 Å². The summed E-state index contributed by atoms with van der Waals surface area (Å²) < 4.78 is 5.24. The molecule has 2 saturated heterocycles. The Balaban J connectivity index is 1.48. The number of piperidine rings is 2. The molecule has 0 atom stereocenters. The summed E-state index contributed by atoms with van der Waals surface area (Å²) in [6.07, 6.45) is 4.73. The number of benzene rings is 2. The lowest BCUT2D eigenvalue weighted by Crippen LogP contribution is -2.48. The number of pyridine rings is 1. The first-order valence-electron chi connectivity index (χ1n) is 12.2. The zero-order valence-corrected chi connectivity index (χ0v) is 19.7. The number of para-hydroxylation sites is 1. The first kappa shape index (κ1) is 22.5. The summed E-state index contributed by atoms with van der Waals surface area (Å²) >= 11 is 0. The highest BCUT2D eigenvalue weighted by Gasteiger charge is 2.31. The first-order chi connectivity index (χ1) is 16.7. The van der Waals surface area contributed by atoms with Gasteiger partial charge in [0.2, 0.25) is 5.91 Å². The molecule has 6 nitrogen and oxygen atoms in total. The zero-order valence-electron chi connectivity index (χ0n) is 19.7. The second-order valence-electron chi connectivity index (χ2n) is 9.24. The Morgan fingerprint density at radius 1 is 1.00 bits per heavy atom. The van der Waals surface area contributed by atoms with Crippen LogP contribution >= 0.6 is 0 Å². The van der Waals surface area contributed by atoms with Crippen molar-refractivity contribution in [2.75, 3.05) is 26.7 Å². The number of amides is 1. The molecule has 3 aromatic rings.